The fourth-order valence-corrected chi connectivity index (χ4v) is 2.07. The van der Waals surface area contributed by atoms with E-state index in [9.17, 15) is 4.79 Å². The zero-order chi connectivity index (χ0) is 12.1. The monoisotopic (exact) mass is 234 g/mol. The number of carbonyl (C=O) groups is 1. The number of rotatable bonds is 4. The summed E-state index contributed by atoms with van der Waals surface area (Å²) in [5, 5.41) is 6.55. The molecule has 0 atom stereocenters. The molecule has 5 heteroatoms. The van der Waals surface area contributed by atoms with E-state index >= 15 is 0 Å². The fraction of sp³-hybridized carbons (Fsp3) is 0.500. The Balaban J connectivity index is 1.96. The van der Waals surface area contributed by atoms with Gasteiger partial charge in [-0.3, -0.25) is 4.79 Å². The molecule has 4 N–H and O–H groups in total. The summed E-state index contributed by atoms with van der Waals surface area (Å²) in [6, 6.07) is 3.41. The lowest BCUT2D eigenvalue weighted by molar-refractivity contribution is 0.100. The van der Waals surface area contributed by atoms with Crippen molar-refractivity contribution in [2.75, 3.05) is 25.0 Å². The molecule has 2 rings (SSSR count). The van der Waals surface area contributed by atoms with E-state index in [0.29, 0.717) is 17.3 Å². The maximum atomic E-state index is 11.2. The van der Waals surface area contributed by atoms with Crippen LogP contribution < -0.4 is 16.4 Å². The van der Waals surface area contributed by atoms with Gasteiger partial charge in [0.1, 0.15) is 5.82 Å². The lowest BCUT2D eigenvalue weighted by atomic mass is 9.98. The predicted octanol–water partition coefficient (Wildman–Crippen LogP) is 0.592. The molecule has 0 radical (unpaired) electrons. The number of carbonyl (C=O) groups excluding carboxylic acids is 1. The summed E-state index contributed by atoms with van der Waals surface area (Å²) in [6.07, 6.45) is 3.98. The summed E-state index contributed by atoms with van der Waals surface area (Å²) < 4.78 is 0. The largest absolute Gasteiger partial charge is 0.369 e. The van der Waals surface area contributed by atoms with Crippen LogP contribution in [0.1, 0.15) is 23.2 Å². The van der Waals surface area contributed by atoms with E-state index in [4.69, 9.17) is 5.73 Å². The zero-order valence-corrected chi connectivity index (χ0v) is 9.78. The van der Waals surface area contributed by atoms with Crippen LogP contribution in [0.2, 0.25) is 0 Å². The van der Waals surface area contributed by atoms with Gasteiger partial charge in [-0.25, -0.2) is 4.98 Å². The first-order valence-electron chi connectivity index (χ1n) is 5.97. The Labute approximate surface area is 101 Å². The molecule has 0 spiro atoms. The van der Waals surface area contributed by atoms with Crippen LogP contribution in [0.3, 0.4) is 0 Å². The third kappa shape index (κ3) is 3.17. The minimum absolute atomic E-state index is 0.439. The summed E-state index contributed by atoms with van der Waals surface area (Å²) >= 11 is 0. The smallest absolute Gasteiger partial charge is 0.252 e. The molecule has 1 aromatic heterocycles. The van der Waals surface area contributed by atoms with Crippen LogP contribution in [0, 0.1) is 5.92 Å². The minimum Gasteiger partial charge on any atom is -0.369 e. The number of nitrogens with one attached hydrogen (secondary N) is 2. The van der Waals surface area contributed by atoms with Gasteiger partial charge in [-0.2, -0.15) is 0 Å². The first-order chi connectivity index (χ1) is 8.27. The summed E-state index contributed by atoms with van der Waals surface area (Å²) in [5.74, 6) is 0.795. The molecule has 1 saturated heterocycles. The van der Waals surface area contributed by atoms with Crippen LogP contribution in [0.4, 0.5) is 5.82 Å². The van der Waals surface area contributed by atoms with Gasteiger partial charge in [0.25, 0.3) is 5.91 Å². The molecule has 0 aromatic carbocycles. The van der Waals surface area contributed by atoms with Gasteiger partial charge in [0.05, 0.1) is 5.56 Å². The topological polar surface area (TPSA) is 80.0 Å². The molecule has 0 unspecified atom stereocenters. The van der Waals surface area contributed by atoms with E-state index in [1.165, 1.54) is 0 Å². The highest BCUT2D eigenvalue weighted by atomic mass is 16.1. The Hall–Kier alpha value is -1.62. The van der Waals surface area contributed by atoms with Gasteiger partial charge in [-0.1, -0.05) is 0 Å². The number of piperidine rings is 1. The van der Waals surface area contributed by atoms with Crippen molar-refractivity contribution in [3.05, 3.63) is 23.9 Å². The number of hydrogen-bond donors (Lipinski definition) is 3. The Morgan fingerprint density at radius 3 is 3.00 bits per heavy atom. The number of nitrogens with two attached hydrogens (primary N) is 1. The molecule has 0 aliphatic carbocycles. The lowest BCUT2D eigenvalue weighted by Gasteiger charge is -2.23. The summed E-state index contributed by atoms with van der Waals surface area (Å²) in [4.78, 5) is 15.4. The van der Waals surface area contributed by atoms with E-state index in [1.807, 2.05) is 0 Å². The van der Waals surface area contributed by atoms with Crippen molar-refractivity contribution in [2.24, 2.45) is 11.7 Å². The molecule has 0 bridgehead atoms. The molecule has 1 aliphatic heterocycles. The van der Waals surface area contributed by atoms with Gasteiger partial charge in [-0.15, -0.1) is 0 Å². The second kappa shape index (κ2) is 5.63. The van der Waals surface area contributed by atoms with E-state index in [1.54, 1.807) is 18.3 Å². The van der Waals surface area contributed by atoms with Crippen LogP contribution in [0.15, 0.2) is 18.3 Å². The highest BCUT2D eigenvalue weighted by molar-refractivity contribution is 5.97. The fourth-order valence-electron chi connectivity index (χ4n) is 2.07. The Morgan fingerprint density at radius 1 is 1.53 bits per heavy atom. The third-order valence-electron chi connectivity index (χ3n) is 3.09. The Kier molecular flexibility index (Phi) is 3.93. The van der Waals surface area contributed by atoms with Crippen LogP contribution in [-0.2, 0) is 0 Å². The number of pyridine rings is 1. The molecule has 1 aliphatic rings. The van der Waals surface area contributed by atoms with Gasteiger partial charge in [-0.05, 0) is 44.0 Å². The van der Waals surface area contributed by atoms with E-state index in [2.05, 4.69) is 15.6 Å². The van der Waals surface area contributed by atoms with Gasteiger partial charge >= 0.3 is 0 Å². The molecular weight excluding hydrogens is 216 g/mol. The first-order valence-corrected chi connectivity index (χ1v) is 5.97. The van der Waals surface area contributed by atoms with Crippen LogP contribution in [0.5, 0.6) is 0 Å². The quantitative estimate of drug-likeness (QED) is 0.712. The summed E-state index contributed by atoms with van der Waals surface area (Å²) in [5.41, 5.74) is 5.75. The van der Waals surface area contributed by atoms with Crippen molar-refractivity contribution in [3.63, 3.8) is 0 Å². The molecule has 0 saturated carbocycles. The average molecular weight is 234 g/mol. The van der Waals surface area contributed by atoms with Crippen LogP contribution >= 0.6 is 0 Å². The number of hydrogen-bond acceptors (Lipinski definition) is 4. The molecule has 17 heavy (non-hydrogen) atoms. The zero-order valence-electron chi connectivity index (χ0n) is 9.78. The average Bonchev–Trinajstić information content (AvgIpc) is 2.38. The molecule has 5 nitrogen and oxygen atoms in total. The predicted molar refractivity (Wildman–Crippen MR) is 66.8 cm³/mol. The first kappa shape index (κ1) is 11.9. The molecule has 92 valence electrons. The maximum absolute atomic E-state index is 11.2. The Bertz CT molecular complexity index is 388. The summed E-state index contributed by atoms with van der Waals surface area (Å²) in [7, 11) is 0. The van der Waals surface area contributed by atoms with Gasteiger partial charge in [0, 0.05) is 12.7 Å². The summed E-state index contributed by atoms with van der Waals surface area (Å²) in [6.45, 7) is 2.98. The molecule has 2 heterocycles. The van der Waals surface area contributed by atoms with Crippen LogP contribution in [0.25, 0.3) is 0 Å². The van der Waals surface area contributed by atoms with Gasteiger partial charge in [0.2, 0.25) is 0 Å². The number of aromatic nitrogens is 1. The van der Waals surface area contributed by atoms with Crippen molar-refractivity contribution in [2.45, 2.75) is 12.8 Å². The van der Waals surface area contributed by atoms with Crippen LogP contribution in [-0.4, -0.2) is 30.5 Å². The maximum Gasteiger partial charge on any atom is 0.252 e. The highest BCUT2D eigenvalue weighted by Crippen LogP contribution is 2.15. The number of nitrogens with zero attached hydrogens (tertiary/aromatic N) is 1. The van der Waals surface area contributed by atoms with Gasteiger partial charge in [0.15, 0.2) is 0 Å². The third-order valence-corrected chi connectivity index (χ3v) is 3.09. The molecule has 1 fully saturated rings. The van der Waals surface area contributed by atoms with Crippen molar-refractivity contribution in [3.8, 4) is 0 Å². The second-order valence-electron chi connectivity index (χ2n) is 4.34. The Morgan fingerprint density at radius 2 is 2.29 bits per heavy atom. The van der Waals surface area contributed by atoms with E-state index < -0.39 is 5.91 Å². The normalized spacial score (nSPS) is 16.7. The standard InChI is InChI=1S/C12H18N4O/c13-11(17)10-2-1-5-15-12(10)16-8-9-3-6-14-7-4-9/h1-2,5,9,14H,3-4,6-8H2,(H2,13,17)(H,15,16). The van der Waals surface area contributed by atoms with Crippen molar-refractivity contribution in [1.82, 2.24) is 10.3 Å². The van der Waals surface area contributed by atoms with E-state index in [0.717, 1.165) is 32.5 Å². The minimum atomic E-state index is -0.439. The van der Waals surface area contributed by atoms with Gasteiger partial charge < -0.3 is 16.4 Å². The molecule has 1 aromatic rings. The van der Waals surface area contributed by atoms with Crippen molar-refractivity contribution in [1.29, 1.82) is 0 Å². The molecular formula is C12H18N4O. The number of anilines is 1. The molecule has 1 amide bonds. The number of primary amides is 1. The van der Waals surface area contributed by atoms with Crippen molar-refractivity contribution < 1.29 is 4.79 Å². The van der Waals surface area contributed by atoms with Crippen molar-refractivity contribution >= 4 is 11.7 Å². The second-order valence-corrected chi connectivity index (χ2v) is 4.34. The highest BCUT2D eigenvalue weighted by Gasteiger charge is 2.14. The SMILES string of the molecule is NC(=O)c1cccnc1NCC1CCNCC1. The lowest BCUT2D eigenvalue weighted by Crippen LogP contribution is -2.31. The number of amides is 1. The van der Waals surface area contributed by atoms with E-state index in [-0.39, 0.29) is 0 Å².